The van der Waals surface area contributed by atoms with Gasteiger partial charge in [-0.1, -0.05) is 11.8 Å². The van der Waals surface area contributed by atoms with Crippen molar-refractivity contribution >= 4 is 27.5 Å². The average molecular weight is 292 g/mol. The number of nitrogens with two attached hydrogens (primary N) is 1. The molecule has 2 heterocycles. The van der Waals surface area contributed by atoms with Crippen LogP contribution in [0.2, 0.25) is 0 Å². The Morgan fingerprint density at radius 2 is 2.11 bits per heavy atom. The molecule has 0 aromatic carbocycles. The van der Waals surface area contributed by atoms with E-state index in [-0.39, 0.29) is 17.5 Å². The van der Waals surface area contributed by atoms with Crippen molar-refractivity contribution in [2.24, 2.45) is 0 Å². The molecule has 1 aromatic rings. The molecule has 0 saturated carbocycles. The van der Waals surface area contributed by atoms with E-state index in [9.17, 15) is 13.5 Å². The fraction of sp³-hybridized carbons (Fsp3) is 0.778. The highest BCUT2D eigenvalue weighted by molar-refractivity contribution is 8.01. The average Bonchev–Trinajstić information content (AvgIpc) is 2.68. The Hall–Kier alpha value is -0.800. The number of thioether (sulfide) groups is 1. The van der Waals surface area contributed by atoms with Crippen LogP contribution in [-0.4, -0.2) is 51.1 Å². The van der Waals surface area contributed by atoms with E-state index in [1.165, 1.54) is 11.8 Å². The molecule has 9 heteroatoms. The molecule has 1 fully saturated rings. The lowest BCUT2D eigenvalue weighted by molar-refractivity contribution is 0.207. The molecule has 2 atom stereocenters. The summed E-state index contributed by atoms with van der Waals surface area (Å²) in [7, 11) is -3.15. The number of aliphatic hydroxyl groups excluding tert-OH is 1. The topological polar surface area (TPSA) is 111 Å². The normalized spacial score (nSPS) is 26.9. The van der Waals surface area contributed by atoms with Gasteiger partial charge in [0, 0.05) is 6.04 Å². The zero-order valence-electron chi connectivity index (χ0n) is 10.1. The zero-order valence-corrected chi connectivity index (χ0v) is 11.8. The largest absolute Gasteiger partial charge is 0.391 e. The number of nitrogens with zero attached hydrogens (tertiary/aromatic N) is 3. The van der Waals surface area contributed by atoms with Crippen molar-refractivity contribution in [3.8, 4) is 0 Å². The summed E-state index contributed by atoms with van der Waals surface area (Å²) < 4.78 is 24.6. The van der Waals surface area contributed by atoms with Crippen LogP contribution in [0.3, 0.4) is 0 Å². The molecule has 102 valence electrons. The van der Waals surface area contributed by atoms with E-state index in [0.717, 1.165) is 0 Å². The van der Waals surface area contributed by atoms with Crippen LogP contribution in [0, 0.1) is 0 Å². The van der Waals surface area contributed by atoms with Gasteiger partial charge in [0.05, 0.1) is 22.9 Å². The van der Waals surface area contributed by atoms with Gasteiger partial charge in [0.15, 0.2) is 15.0 Å². The molecule has 0 radical (unpaired) electrons. The third kappa shape index (κ3) is 2.62. The molecule has 2 rings (SSSR count). The first kappa shape index (κ1) is 13.6. The molecule has 0 bridgehead atoms. The molecule has 2 unspecified atom stereocenters. The smallest absolute Gasteiger partial charge is 0.222 e. The highest BCUT2D eigenvalue weighted by Gasteiger charge is 2.38. The first-order valence-electron chi connectivity index (χ1n) is 5.55. The van der Waals surface area contributed by atoms with Gasteiger partial charge in [-0.2, -0.15) is 0 Å². The van der Waals surface area contributed by atoms with E-state index in [1.807, 2.05) is 13.8 Å². The van der Waals surface area contributed by atoms with Crippen molar-refractivity contribution in [1.29, 1.82) is 0 Å². The van der Waals surface area contributed by atoms with E-state index in [4.69, 9.17) is 5.73 Å². The number of aromatic nitrogens is 3. The Morgan fingerprint density at radius 3 is 2.61 bits per heavy atom. The fourth-order valence-corrected chi connectivity index (χ4v) is 5.56. The molecule has 1 aliphatic heterocycles. The predicted molar refractivity (Wildman–Crippen MR) is 69.1 cm³/mol. The Morgan fingerprint density at radius 1 is 1.44 bits per heavy atom. The van der Waals surface area contributed by atoms with Gasteiger partial charge in [-0.15, -0.1) is 10.2 Å². The minimum atomic E-state index is -3.15. The third-order valence-corrected chi connectivity index (χ3v) is 5.94. The molecule has 3 N–H and O–H groups in total. The Kier molecular flexibility index (Phi) is 3.56. The van der Waals surface area contributed by atoms with Gasteiger partial charge in [0.1, 0.15) is 0 Å². The van der Waals surface area contributed by atoms with Crippen molar-refractivity contribution in [3.05, 3.63) is 0 Å². The summed E-state index contributed by atoms with van der Waals surface area (Å²) in [6.07, 6.45) is -0.862. The lowest BCUT2D eigenvalue weighted by Crippen LogP contribution is -2.21. The highest BCUT2D eigenvalue weighted by Crippen LogP contribution is 2.32. The second-order valence-corrected chi connectivity index (χ2v) is 7.97. The van der Waals surface area contributed by atoms with E-state index >= 15 is 0 Å². The van der Waals surface area contributed by atoms with E-state index in [0.29, 0.717) is 11.1 Å². The maximum Gasteiger partial charge on any atom is 0.222 e. The number of hydrogen-bond acceptors (Lipinski definition) is 7. The molecule has 0 spiro atoms. The van der Waals surface area contributed by atoms with Gasteiger partial charge in [-0.3, -0.25) is 4.57 Å². The van der Waals surface area contributed by atoms with Crippen molar-refractivity contribution in [2.75, 3.05) is 17.2 Å². The van der Waals surface area contributed by atoms with Gasteiger partial charge in [-0.25, -0.2) is 8.42 Å². The van der Waals surface area contributed by atoms with E-state index < -0.39 is 21.2 Å². The second kappa shape index (κ2) is 4.71. The minimum Gasteiger partial charge on any atom is -0.391 e. The summed E-state index contributed by atoms with van der Waals surface area (Å²) in [5.41, 5.74) is 5.70. The highest BCUT2D eigenvalue weighted by atomic mass is 32.2. The Bertz CT molecular complexity index is 540. The number of aliphatic hydroxyl groups is 1. The Labute approximate surface area is 110 Å². The van der Waals surface area contributed by atoms with Crippen LogP contribution in [0.4, 0.5) is 5.95 Å². The summed E-state index contributed by atoms with van der Waals surface area (Å²) in [5, 5.41) is 17.6. The molecule has 1 saturated heterocycles. The summed E-state index contributed by atoms with van der Waals surface area (Å²) in [6.45, 7) is 3.87. The summed E-state index contributed by atoms with van der Waals surface area (Å²) in [6, 6.07) is 0.0812. The molecule has 1 aromatic heterocycles. The fourth-order valence-electron chi connectivity index (χ4n) is 1.90. The van der Waals surface area contributed by atoms with Crippen molar-refractivity contribution in [2.45, 2.75) is 36.4 Å². The van der Waals surface area contributed by atoms with E-state index in [2.05, 4.69) is 10.2 Å². The van der Waals surface area contributed by atoms with Gasteiger partial charge >= 0.3 is 0 Å². The van der Waals surface area contributed by atoms with Gasteiger partial charge in [0.25, 0.3) is 0 Å². The molecular formula is C9H16N4O3S2. The number of nitrogen functional groups attached to an aromatic ring is 1. The summed E-state index contributed by atoms with van der Waals surface area (Å²) in [4.78, 5) is 0. The van der Waals surface area contributed by atoms with Crippen LogP contribution in [0.25, 0.3) is 0 Å². The van der Waals surface area contributed by atoms with Crippen molar-refractivity contribution in [1.82, 2.24) is 14.8 Å². The summed E-state index contributed by atoms with van der Waals surface area (Å²) in [5.74, 6) is 0.0717. The molecule has 0 aliphatic carbocycles. The van der Waals surface area contributed by atoms with Crippen molar-refractivity contribution in [3.63, 3.8) is 0 Å². The van der Waals surface area contributed by atoms with Crippen LogP contribution in [0.15, 0.2) is 5.16 Å². The number of sulfone groups is 1. The van der Waals surface area contributed by atoms with Crippen LogP contribution in [-0.2, 0) is 9.84 Å². The van der Waals surface area contributed by atoms with Gasteiger partial charge < -0.3 is 10.8 Å². The lowest BCUT2D eigenvalue weighted by Gasteiger charge is -2.15. The molecule has 7 nitrogen and oxygen atoms in total. The first-order valence-corrected chi connectivity index (χ1v) is 8.26. The summed E-state index contributed by atoms with van der Waals surface area (Å²) >= 11 is 1.22. The zero-order chi connectivity index (χ0) is 13.5. The standard InChI is InChI=1S/C9H16N4O3S2/c1-5(2)13-8(10)11-12-9(13)17-7-4-18(15,16)3-6(7)14/h5-7,14H,3-4H2,1-2H3,(H2,10,11). The van der Waals surface area contributed by atoms with Crippen LogP contribution in [0.5, 0.6) is 0 Å². The monoisotopic (exact) mass is 292 g/mol. The van der Waals surface area contributed by atoms with Gasteiger partial charge in [-0.05, 0) is 13.8 Å². The quantitative estimate of drug-likeness (QED) is 0.786. The number of anilines is 1. The molecular weight excluding hydrogens is 276 g/mol. The van der Waals surface area contributed by atoms with Crippen LogP contribution >= 0.6 is 11.8 Å². The van der Waals surface area contributed by atoms with Crippen LogP contribution in [0.1, 0.15) is 19.9 Å². The maximum absolute atomic E-state index is 11.4. The van der Waals surface area contributed by atoms with Crippen LogP contribution < -0.4 is 5.73 Å². The molecule has 18 heavy (non-hydrogen) atoms. The SMILES string of the molecule is CC(C)n1c(N)nnc1SC1CS(=O)(=O)CC1O. The Balaban J connectivity index is 2.20. The predicted octanol–water partition coefficient (Wildman–Crippen LogP) is -0.309. The first-order chi connectivity index (χ1) is 8.30. The number of rotatable bonds is 3. The lowest BCUT2D eigenvalue weighted by atomic mass is 10.3. The third-order valence-electron chi connectivity index (χ3n) is 2.74. The van der Waals surface area contributed by atoms with Gasteiger partial charge in [0.2, 0.25) is 5.95 Å². The van der Waals surface area contributed by atoms with E-state index in [1.54, 1.807) is 4.57 Å². The molecule has 1 aliphatic rings. The number of hydrogen-bond donors (Lipinski definition) is 2. The van der Waals surface area contributed by atoms with Crippen molar-refractivity contribution < 1.29 is 13.5 Å². The minimum absolute atomic E-state index is 0.0380. The maximum atomic E-state index is 11.4. The molecule has 0 amide bonds. The second-order valence-electron chi connectivity index (χ2n) is 4.61.